The number of carbonyl (C=O) groups is 1. The number of hydrogen-bond donors (Lipinski definition) is 0. The molecular weight excluding hydrogens is 475 g/mol. The molecule has 0 fully saturated rings. The number of rotatable bonds is 12. The second-order valence-electron chi connectivity index (χ2n) is 9.74. The molecule has 0 unspecified atom stereocenters. The summed E-state index contributed by atoms with van der Waals surface area (Å²) in [7, 11) is -1.91. The first-order chi connectivity index (χ1) is 15.1. The first-order valence-corrected chi connectivity index (χ1v) is 16.0. The number of benzene rings is 2. The molecule has 0 bridgehead atoms. The van der Waals surface area contributed by atoms with Crippen molar-refractivity contribution >= 4 is 32.4 Å². The molecule has 0 saturated heterocycles. The Balaban J connectivity index is 2.15. The van der Waals surface area contributed by atoms with Crippen molar-refractivity contribution in [2.75, 3.05) is 0 Å². The molecule has 0 N–H and O–H groups in total. The third-order valence-electron chi connectivity index (χ3n) is 6.37. The zero-order chi connectivity index (χ0) is 23.8. The van der Waals surface area contributed by atoms with E-state index >= 15 is 0 Å². The van der Waals surface area contributed by atoms with E-state index in [0.29, 0.717) is 0 Å². The van der Waals surface area contributed by atoms with Gasteiger partial charge in [0.1, 0.15) is 0 Å². The minimum atomic E-state index is -1.91. The fraction of sp³-hybridized carbons (Fsp3) is 0.393. The van der Waals surface area contributed by atoms with Crippen LogP contribution < -0.4 is 4.46 Å². The maximum absolute atomic E-state index is 13.1. The molecule has 2 aromatic carbocycles. The fourth-order valence-electron chi connectivity index (χ4n) is 3.40. The van der Waals surface area contributed by atoms with Gasteiger partial charge in [-0.05, 0) is 0 Å². The Morgan fingerprint density at radius 2 is 1.69 bits per heavy atom. The van der Waals surface area contributed by atoms with Gasteiger partial charge in [-0.2, -0.15) is 0 Å². The van der Waals surface area contributed by atoms with Crippen LogP contribution in [0.25, 0.3) is 0 Å². The van der Waals surface area contributed by atoms with Crippen LogP contribution in [0.2, 0.25) is 18.1 Å². The molecule has 172 valence electrons. The normalized spacial score (nSPS) is 13.9. The molecule has 0 aliphatic carbocycles. The van der Waals surface area contributed by atoms with E-state index in [4.69, 9.17) is 4.43 Å². The molecular formula is C28H38O2SeSi. The van der Waals surface area contributed by atoms with Crippen LogP contribution in [0.5, 0.6) is 0 Å². The Morgan fingerprint density at radius 3 is 2.28 bits per heavy atom. The van der Waals surface area contributed by atoms with Gasteiger partial charge in [0, 0.05) is 0 Å². The van der Waals surface area contributed by atoms with E-state index in [1.165, 1.54) is 0 Å². The summed E-state index contributed by atoms with van der Waals surface area (Å²) in [4.78, 5) is 13.1. The van der Waals surface area contributed by atoms with E-state index < -0.39 is 8.32 Å². The van der Waals surface area contributed by atoms with Crippen molar-refractivity contribution in [2.24, 2.45) is 5.92 Å². The predicted octanol–water partition coefficient (Wildman–Crippen LogP) is 6.56. The van der Waals surface area contributed by atoms with Gasteiger partial charge in [-0.15, -0.1) is 0 Å². The molecule has 32 heavy (non-hydrogen) atoms. The summed E-state index contributed by atoms with van der Waals surface area (Å²) in [5, 5.41) is 0.149. The average molecular weight is 514 g/mol. The molecule has 0 amide bonds. The van der Waals surface area contributed by atoms with Crippen molar-refractivity contribution in [1.82, 2.24) is 0 Å². The van der Waals surface area contributed by atoms with Crippen molar-refractivity contribution in [1.29, 1.82) is 0 Å². The van der Waals surface area contributed by atoms with Crippen molar-refractivity contribution in [2.45, 2.75) is 64.3 Å². The average Bonchev–Trinajstić information content (AvgIpc) is 2.74. The van der Waals surface area contributed by atoms with Gasteiger partial charge in [0.05, 0.1) is 0 Å². The first-order valence-electron chi connectivity index (χ1n) is 11.4. The Hall–Kier alpha value is -1.71. The van der Waals surface area contributed by atoms with Crippen LogP contribution in [0.15, 0.2) is 79.9 Å². The van der Waals surface area contributed by atoms with Gasteiger partial charge in [-0.1, -0.05) is 0 Å². The third-order valence-corrected chi connectivity index (χ3v) is 12.8. The second kappa shape index (κ2) is 11.9. The van der Waals surface area contributed by atoms with E-state index in [1.54, 1.807) is 0 Å². The molecule has 2 aromatic rings. The van der Waals surface area contributed by atoms with Crippen LogP contribution in [0.3, 0.4) is 0 Å². The van der Waals surface area contributed by atoms with E-state index in [0.717, 1.165) is 34.9 Å². The zero-order valence-corrected chi connectivity index (χ0v) is 23.0. The van der Waals surface area contributed by atoms with Crippen LogP contribution in [0, 0.1) is 5.92 Å². The Morgan fingerprint density at radius 1 is 1.06 bits per heavy atom. The molecule has 4 heteroatoms. The summed E-state index contributed by atoms with van der Waals surface area (Å²) in [6.45, 7) is 19.5. The summed E-state index contributed by atoms with van der Waals surface area (Å²) in [5.74, 6) is 0.213. The topological polar surface area (TPSA) is 26.3 Å². The van der Waals surface area contributed by atoms with Crippen molar-refractivity contribution in [3.8, 4) is 0 Å². The van der Waals surface area contributed by atoms with Crippen LogP contribution in [-0.4, -0.2) is 34.1 Å². The summed E-state index contributed by atoms with van der Waals surface area (Å²) in [6, 6.07) is 18.1. The van der Waals surface area contributed by atoms with Gasteiger partial charge in [-0.3, -0.25) is 0 Å². The van der Waals surface area contributed by atoms with Crippen molar-refractivity contribution in [3.05, 3.63) is 91.0 Å². The van der Waals surface area contributed by atoms with Gasteiger partial charge in [-0.25, -0.2) is 0 Å². The molecule has 0 aromatic heterocycles. The molecule has 0 aliphatic rings. The van der Waals surface area contributed by atoms with Gasteiger partial charge in [0.2, 0.25) is 0 Å². The second-order valence-corrected chi connectivity index (χ2v) is 16.7. The molecule has 0 radical (unpaired) electrons. The standard InChI is InChI=1S/C28H38O2SeSi/c1-8-15-26(30-32(6,7)28(3,4)5)22(9-2)20-21-23-16-13-14-19-25(23)27(29)31-24-17-11-10-12-18-24/h8-14,16-19,22,26H,1-2,15,20-21H2,3-7H3/t22-,26-/m0/s1. The van der Waals surface area contributed by atoms with Crippen LogP contribution in [-0.2, 0) is 10.8 Å². The molecule has 0 spiro atoms. The SMILES string of the molecule is C=CC[C@H](O[Si](C)(C)C(C)(C)C)[C@@H](C=C)CCc1ccccc1C(=O)[Se]c1ccccc1. The molecule has 0 heterocycles. The fourth-order valence-corrected chi connectivity index (χ4v) is 6.49. The Bertz CT molecular complexity index is 899. The number of hydrogen-bond acceptors (Lipinski definition) is 2. The molecule has 2 atom stereocenters. The minimum absolute atomic E-state index is 0.0716. The molecule has 0 saturated carbocycles. The molecule has 2 rings (SSSR count). The predicted molar refractivity (Wildman–Crippen MR) is 141 cm³/mol. The number of carbonyl (C=O) groups excluding carboxylic acids is 1. The van der Waals surface area contributed by atoms with Gasteiger partial charge >= 0.3 is 203 Å². The van der Waals surface area contributed by atoms with Crippen LogP contribution >= 0.6 is 0 Å². The molecule has 2 nitrogen and oxygen atoms in total. The monoisotopic (exact) mass is 514 g/mol. The Kier molecular flexibility index (Phi) is 9.91. The first kappa shape index (κ1) is 26.5. The van der Waals surface area contributed by atoms with E-state index in [-0.39, 0.29) is 36.7 Å². The van der Waals surface area contributed by atoms with Crippen molar-refractivity contribution < 1.29 is 9.22 Å². The van der Waals surface area contributed by atoms with E-state index in [1.807, 2.05) is 60.7 Å². The van der Waals surface area contributed by atoms with Crippen LogP contribution in [0.4, 0.5) is 0 Å². The summed E-state index contributed by atoms with van der Waals surface area (Å²) in [6.07, 6.45) is 6.59. The van der Waals surface area contributed by atoms with E-state index in [9.17, 15) is 4.79 Å². The summed E-state index contributed by atoms with van der Waals surface area (Å²) < 4.78 is 8.11. The Labute approximate surface area is 202 Å². The van der Waals surface area contributed by atoms with Gasteiger partial charge < -0.3 is 0 Å². The quantitative estimate of drug-likeness (QED) is 0.237. The zero-order valence-electron chi connectivity index (χ0n) is 20.3. The third kappa shape index (κ3) is 7.42. The van der Waals surface area contributed by atoms with Gasteiger partial charge in [0.25, 0.3) is 0 Å². The van der Waals surface area contributed by atoms with Gasteiger partial charge in [0.15, 0.2) is 0 Å². The number of aryl methyl sites for hydroxylation is 1. The summed E-state index contributed by atoms with van der Waals surface area (Å²) >= 11 is -0.216. The van der Waals surface area contributed by atoms with E-state index in [2.05, 4.69) is 53.1 Å². The maximum atomic E-state index is 13.1. The van der Waals surface area contributed by atoms with Crippen LogP contribution in [0.1, 0.15) is 49.5 Å². The van der Waals surface area contributed by atoms with Crippen molar-refractivity contribution in [3.63, 3.8) is 0 Å². The summed E-state index contributed by atoms with van der Waals surface area (Å²) in [5.41, 5.74) is 1.97. The molecule has 0 aliphatic heterocycles.